The number of aliphatic hydroxyl groups is 3. The monoisotopic (exact) mass is 427 g/mol. The maximum Gasteiger partial charge on any atom is 0.237 e. The van der Waals surface area contributed by atoms with Crippen molar-refractivity contribution in [1.82, 2.24) is 24.4 Å². The Morgan fingerprint density at radius 1 is 1.06 bits per heavy atom. The number of benzene rings is 1. The van der Waals surface area contributed by atoms with Crippen molar-refractivity contribution in [2.24, 2.45) is 0 Å². The summed E-state index contributed by atoms with van der Waals surface area (Å²) in [7, 11) is 0. The van der Waals surface area contributed by atoms with Gasteiger partial charge in [0.2, 0.25) is 5.85 Å². The SMILES string of the molecule is Nc1ncnc2c1ncn2[C@]1(N2CCN(c3ccccc3)CC2)O[C@H](CO)[C@@H](O)[C@H]1O. The number of ether oxygens (including phenoxy) is 1. The average molecular weight is 427 g/mol. The van der Waals surface area contributed by atoms with Crippen LogP contribution in [0.5, 0.6) is 0 Å². The van der Waals surface area contributed by atoms with Gasteiger partial charge in [0.1, 0.15) is 36.5 Å². The predicted molar refractivity (Wildman–Crippen MR) is 112 cm³/mol. The molecule has 31 heavy (non-hydrogen) atoms. The van der Waals surface area contributed by atoms with Crippen molar-refractivity contribution in [3.05, 3.63) is 43.0 Å². The van der Waals surface area contributed by atoms with E-state index in [0.29, 0.717) is 37.3 Å². The number of rotatable bonds is 4. The maximum atomic E-state index is 11.2. The first-order valence-corrected chi connectivity index (χ1v) is 10.2. The van der Waals surface area contributed by atoms with Gasteiger partial charge in [-0.1, -0.05) is 18.2 Å². The quantitative estimate of drug-likeness (QED) is 0.407. The normalized spacial score (nSPS) is 29.6. The van der Waals surface area contributed by atoms with Crippen LogP contribution in [0, 0.1) is 0 Å². The fraction of sp³-hybridized carbons (Fsp3) is 0.450. The molecule has 5 N–H and O–H groups in total. The fourth-order valence-corrected chi connectivity index (χ4v) is 4.56. The van der Waals surface area contributed by atoms with Crippen LogP contribution >= 0.6 is 0 Å². The lowest BCUT2D eigenvalue weighted by atomic mass is 10.1. The molecule has 0 saturated carbocycles. The Kier molecular flexibility index (Phi) is 4.99. The summed E-state index contributed by atoms with van der Waals surface area (Å²) in [5.74, 6) is -1.29. The lowest BCUT2D eigenvalue weighted by molar-refractivity contribution is -0.243. The number of nitrogens with two attached hydrogens (primary N) is 1. The summed E-state index contributed by atoms with van der Waals surface area (Å²) in [6.07, 6.45) is -0.790. The number of hydrogen-bond donors (Lipinski definition) is 4. The Morgan fingerprint density at radius 3 is 2.48 bits per heavy atom. The fourth-order valence-electron chi connectivity index (χ4n) is 4.56. The van der Waals surface area contributed by atoms with Gasteiger partial charge in [-0.05, 0) is 12.1 Å². The summed E-state index contributed by atoms with van der Waals surface area (Å²) in [5, 5.41) is 31.5. The van der Waals surface area contributed by atoms with Gasteiger partial charge in [0.05, 0.1) is 6.61 Å². The van der Waals surface area contributed by atoms with Crippen molar-refractivity contribution in [2.75, 3.05) is 43.4 Å². The van der Waals surface area contributed by atoms with Gasteiger partial charge in [0.15, 0.2) is 11.5 Å². The lowest BCUT2D eigenvalue weighted by Crippen LogP contribution is -2.63. The van der Waals surface area contributed by atoms with Crippen LogP contribution in [-0.2, 0) is 10.6 Å². The third-order valence-corrected chi connectivity index (χ3v) is 6.16. The molecular formula is C20H25N7O4. The highest BCUT2D eigenvalue weighted by atomic mass is 16.6. The van der Waals surface area contributed by atoms with E-state index in [1.165, 1.54) is 12.7 Å². The molecule has 2 saturated heterocycles. The van der Waals surface area contributed by atoms with Gasteiger partial charge in [-0.25, -0.2) is 15.0 Å². The molecule has 0 aliphatic carbocycles. The number of anilines is 2. The average Bonchev–Trinajstić information content (AvgIpc) is 3.36. The summed E-state index contributed by atoms with van der Waals surface area (Å²) in [6, 6.07) is 10.1. The summed E-state index contributed by atoms with van der Waals surface area (Å²) in [5.41, 5.74) is 7.82. The highest BCUT2D eigenvalue weighted by molar-refractivity contribution is 5.81. The zero-order valence-electron chi connectivity index (χ0n) is 16.8. The van der Waals surface area contributed by atoms with Crippen molar-refractivity contribution in [3.63, 3.8) is 0 Å². The van der Waals surface area contributed by atoms with E-state index in [1.807, 2.05) is 23.1 Å². The summed E-state index contributed by atoms with van der Waals surface area (Å²) in [6.45, 7) is 2.01. The highest BCUT2D eigenvalue weighted by Gasteiger charge is 2.59. The van der Waals surface area contributed by atoms with Crippen LogP contribution < -0.4 is 10.6 Å². The number of nitrogen functional groups attached to an aromatic ring is 1. The second kappa shape index (κ2) is 7.70. The Balaban J connectivity index is 1.54. The standard InChI is InChI=1S/C20H25N7O4/c21-18-15-19(23-11-22-18)27(12-24-15)20(17(30)16(29)14(10-28)31-20)26-8-6-25(7-9-26)13-4-2-1-3-5-13/h1-5,11-12,14,16-17,28-30H,6-10H2,(H2,21,22,23)/t14-,16-,17-,20+/m1/s1. The summed E-state index contributed by atoms with van der Waals surface area (Å²) >= 11 is 0. The van der Waals surface area contributed by atoms with Crippen LogP contribution in [0.3, 0.4) is 0 Å². The van der Waals surface area contributed by atoms with Gasteiger partial charge in [-0.2, -0.15) is 0 Å². The van der Waals surface area contributed by atoms with Gasteiger partial charge < -0.3 is 30.7 Å². The van der Waals surface area contributed by atoms with E-state index in [9.17, 15) is 15.3 Å². The van der Waals surface area contributed by atoms with Crippen LogP contribution in [0.1, 0.15) is 0 Å². The van der Waals surface area contributed by atoms with Crippen molar-refractivity contribution in [2.45, 2.75) is 24.2 Å². The lowest BCUT2D eigenvalue weighted by Gasteiger charge is -2.47. The highest BCUT2D eigenvalue weighted by Crippen LogP contribution is 2.41. The maximum absolute atomic E-state index is 11.2. The number of aliphatic hydroxyl groups excluding tert-OH is 3. The first-order chi connectivity index (χ1) is 15.1. The predicted octanol–water partition coefficient (Wildman–Crippen LogP) is -1.05. The number of fused-ring (bicyclic) bond motifs is 1. The second-order valence-electron chi connectivity index (χ2n) is 7.79. The van der Waals surface area contributed by atoms with E-state index < -0.39 is 30.8 Å². The smallest absolute Gasteiger partial charge is 0.237 e. The molecule has 2 aliphatic heterocycles. The van der Waals surface area contributed by atoms with Crippen LogP contribution in [0.25, 0.3) is 11.2 Å². The van der Waals surface area contributed by atoms with Crippen molar-refractivity contribution in [1.29, 1.82) is 0 Å². The number of hydrogen-bond acceptors (Lipinski definition) is 10. The molecule has 164 valence electrons. The van der Waals surface area contributed by atoms with E-state index in [2.05, 4.69) is 32.0 Å². The molecule has 2 fully saturated rings. The third-order valence-electron chi connectivity index (χ3n) is 6.16. The second-order valence-corrected chi connectivity index (χ2v) is 7.79. The molecule has 11 nitrogen and oxygen atoms in total. The molecule has 1 aromatic carbocycles. The largest absolute Gasteiger partial charge is 0.394 e. The van der Waals surface area contributed by atoms with E-state index >= 15 is 0 Å². The number of aromatic nitrogens is 4. The van der Waals surface area contributed by atoms with Crippen LogP contribution in [0.15, 0.2) is 43.0 Å². The molecule has 0 unspecified atom stereocenters. The van der Waals surface area contributed by atoms with Crippen molar-refractivity contribution >= 4 is 22.7 Å². The molecule has 3 aromatic rings. The van der Waals surface area contributed by atoms with Crippen LogP contribution in [0.4, 0.5) is 11.5 Å². The molecule has 2 aromatic heterocycles. The molecular weight excluding hydrogens is 402 g/mol. The van der Waals surface area contributed by atoms with E-state index in [4.69, 9.17) is 10.5 Å². The number of imidazole rings is 1. The molecule has 4 atom stereocenters. The van der Waals surface area contributed by atoms with Gasteiger partial charge in [0.25, 0.3) is 0 Å². The topological polar surface area (TPSA) is 146 Å². The number of piperazine rings is 1. The van der Waals surface area contributed by atoms with Gasteiger partial charge in [0, 0.05) is 31.9 Å². The molecule has 0 spiro atoms. The van der Waals surface area contributed by atoms with Gasteiger partial charge in [-0.3, -0.25) is 9.47 Å². The van der Waals surface area contributed by atoms with E-state index in [0.717, 1.165) is 5.69 Å². The molecule has 0 radical (unpaired) electrons. The number of nitrogens with zero attached hydrogens (tertiary/aromatic N) is 6. The zero-order chi connectivity index (χ0) is 21.6. The van der Waals surface area contributed by atoms with E-state index in [-0.39, 0.29) is 5.82 Å². The van der Waals surface area contributed by atoms with Crippen molar-refractivity contribution in [3.8, 4) is 0 Å². The van der Waals surface area contributed by atoms with Crippen molar-refractivity contribution < 1.29 is 20.1 Å². The zero-order valence-corrected chi connectivity index (χ0v) is 16.8. The van der Waals surface area contributed by atoms with Crippen LogP contribution in [-0.4, -0.2) is 90.8 Å². The van der Waals surface area contributed by atoms with Gasteiger partial charge >= 0.3 is 0 Å². The molecule has 0 bridgehead atoms. The minimum atomic E-state index is -1.49. The van der Waals surface area contributed by atoms with Gasteiger partial charge in [-0.15, -0.1) is 0 Å². The first kappa shape index (κ1) is 20.1. The third kappa shape index (κ3) is 3.05. The molecule has 0 amide bonds. The van der Waals surface area contributed by atoms with E-state index in [1.54, 1.807) is 4.57 Å². The Labute approximate surface area is 178 Å². The molecule has 11 heteroatoms. The summed E-state index contributed by atoms with van der Waals surface area (Å²) in [4.78, 5) is 16.8. The number of para-hydroxylation sites is 1. The minimum Gasteiger partial charge on any atom is -0.394 e. The molecule has 5 rings (SSSR count). The molecule has 4 heterocycles. The Morgan fingerprint density at radius 2 is 1.81 bits per heavy atom. The minimum absolute atomic E-state index is 0.208. The first-order valence-electron chi connectivity index (χ1n) is 10.2. The molecule has 2 aliphatic rings. The Hall–Kier alpha value is -2.83. The summed E-state index contributed by atoms with van der Waals surface area (Å²) < 4.78 is 7.76. The van der Waals surface area contributed by atoms with Crippen LogP contribution in [0.2, 0.25) is 0 Å². The Bertz CT molecular complexity index is 1060.